The van der Waals surface area contributed by atoms with E-state index in [9.17, 15) is 15.1 Å². The van der Waals surface area contributed by atoms with E-state index in [1.165, 1.54) is 6.07 Å². The number of fused-ring (bicyclic) bond motifs is 6. The molecule has 0 saturated carbocycles. The average molecular weight is 840 g/mol. The lowest BCUT2D eigenvalue weighted by molar-refractivity contribution is 0.994. The first-order chi connectivity index (χ1) is 39.2. The van der Waals surface area contributed by atoms with Crippen LogP contribution in [0.5, 0.6) is 0 Å². The number of hydrogen-bond acceptors (Lipinski definition) is 2. The van der Waals surface area contributed by atoms with Crippen LogP contribution in [-0.2, 0) is 0 Å². The Morgan fingerprint density at radius 1 is 0.381 bits per heavy atom. The Morgan fingerprint density at radius 2 is 0.778 bits per heavy atom. The Morgan fingerprint density at radius 3 is 1.24 bits per heavy atom. The molecule has 0 aliphatic carbocycles. The van der Waals surface area contributed by atoms with Crippen molar-refractivity contribution in [2.45, 2.75) is 0 Å². The second-order valence-corrected chi connectivity index (χ2v) is 18.4. The molecule has 0 radical (unpaired) electrons. The molecule has 63 heavy (non-hydrogen) atoms. The van der Waals surface area contributed by atoms with Crippen molar-refractivity contribution in [2.24, 2.45) is 0 Å². The second-order valence-electron chi connectivity index (χ2n) is 14.7. The topological polar surface area (TPSA) is 35.6 Å². The average Bonchev–Trinajstić information content (AvgIpc) is 1.61. The van der Waals surface area contributed by atoms with Gasteiger partial charge in [-0.3, -0.25) is 4.57 Å². The van der Waals surface area contributed by atoms with Crippen LogP contribution in [0.2, 0.25) is 0 Å². The van der Waals surface area contributed by atoms with Gasteiger partial charge in [0.1, 0.15) is 0 Å². The van der Waals surface area contributed by atoms with E-state index in [0.717, 1.165) is 9.13 Å². The summed E-state index contributed by atoms with van der Waals surface area (Å²) in [5, 5.41) is 0.812. The molecule has 3 heterocycles. The van der Waals surface area contributed by atoms with E-state index in [1.807, 2.05) is 91.0 Å². The van der Waals surface area contributed by atoms with Crippen molar-refractivity contribution in [3.63, 3.8) is 0 Å². The third-order valence-electron chi connectivity index (χ3n) is 11.3. The molecule has 0 spiro atoms. The molecule has 0 fully saturated rings. The van der Waals surface area contributed by atoms with Gasteiger partial charge >= 0.3 is 0 Å². The van der Waals surface area contributed by atoms with Crippen LogP contribution < -0.4 is 20.7 Å². The van der Waals surface area contributed by atoms with Crippen molar-refractivity contribution in [1.29, 1.82) is 0 Å². The van der Waals surface area contributed by atoms with E-state index in [1.54, 1.807) is 30.3 Å². The molecule has 9 aromatic carbocycles. The molecule has 0 bridgehead atoms. The molecule has 5 heteroatoms. The van der Waals surface area contributed by atoms with Gasteiger partial charge in [0.15, 0.2) is 8.07 Å². The predicted octanol–water partition coefficient (Wildman–Crippen LogP) is 11.4. The zero-order valence-corrected chi connectivity index (χ0v) is 33.9. The van der Waals surface area contributed by atoms with Crippen LogP contribution in [0.15, 0.2) is 242 Å². The number of benzene rings is 9. The number of para-hydroxylation sites is 4. The molecule has 0 atom stereocenters. The molecular formula is C58H40N4Si. The Kier molecular flexibility index (Phi) is 5.30. The smallest absolute Gasteiger partial charge is 0.235 e. The molecule has 0 aliphatic rings. The number of hydrogen-bond donors (Lipinski definition) is 0. The molecule has 0 amide bonds. The van der Waals surface area contributed by atoms with E-state index in [2.05, 4.69) is 0 Å². The van der Waals surface area contributed by atoms with Gasteiger partial charge in [0.25, 0.3) is 0 Å². The summed E-state index contributed by atoms with van der Waals surface area (Å²) in [6.45, 7) is 0. The Hall–Kier alpha value is -8.12. The molecular weight excluding hydrogens is 781 g/mol. The maximum atomic E-state index is 11.1. The van der Waals surface area contributed by atoms with Gasteiger partial charge in [-0.1, -0.05) is 206 Å². The lowest BCUT2D eigenvalue weighted by Gasteiger charge is -2.35. The van der Waals surface area contributed by atoms with E-state index in [0.29, 0.717) is 21.1 Å². The van der Waals surface area contributed by atoms with E-state index in [4.69, 9.17) is 20.9 Å². The van der Waals surface area contributed by atoms with Gasteiger partial charge in [-0.25, -0.2) is 9.97 Å². The zero-order chi connectivity index (χ0) is 58.3. The van der Waals surface area contributed by atoms with Crippen molar-refractivity contribution in [2.75, 3.05) is 0 Å². The number of aromatic nitrogens is 4. The minimum atomic E-state index is -4.11. The van der Waals surface area contributed by atoms with Crippen molar-refractivity contribution in [3.05, 3.63) is 242 Å². The Labute approximate surface area is 393 Å². The summed E-state index contributed by atoms with van der Waals surface area (Å²) in [5.74, 6) is -0.455. The summed E-state index contributed by atoms with van der Waals surface area (Å²) in [7, 11) is -4.11. The fraction of sp³-hybridized carbons (Fsp3) is 0. The molecule has 296 valence electrons. The first kappa shape index (κ1) is 22.1. The molecule has 0 saturated heterocycles. The summed E-state index contributed by atoms with van der Waals surface area (Å²) >= 11 is 0. The monoisotopic (exact) mass is 839 g/mol. The third kappa shape index (κ3) is 5.89. The second kappa shape index (κ2) is 15.1. The Balaban J connectivity index is 1.38. The summed E-state index contributed by atoms with van der Waals surface area (Å²) < 4.78 is 180. The van der Waals surface area contributed by atoms with Gasteiger partial charge in [0, 0.05) is 32.7 Å². The summed E-state index contributed by atoms with van der Waals surface area (Å²) in [6.07, 6.45) is 0. The highest BCUT2D eigenvalue weighted by atomic mass is 28.3. The van der Waals surface area contributed by atoms with Crippen LogP contribution in [0.1, 0.15) is 26.0 Å². The standard InChI is InChI=1S/C58H40N4Si/c1-5-21-41(22-6-1)51-40-52(60-58(59-51)62-55-35-19-15-31-48(55)49-32-16-20-36-56(49)62)50-39-45(37-38-57(50)61-53-33-17-13-29-46(53)47-30-14-18-34-54(47)61)63(42-23-7-2-8-24-42,43-25-9-3-10-26-43)44-27-11-4-12-28-44/h1-40H/i13D,14D,15D,16D,17D,18D,19D,20D,29D,30D,31D,32D,33D,34D,35D,36D,37D,38D,39D. The van der Waals surface area contributed by atoms with Gasteiger partial charge in [-0.15, -0.1) is 0 Å². The van der Waals surface area contributed by atoms with Crippen LogP contribution in [0.4, 0.5) is 0 Å². The maximum Gasteiger partial charge on any atom is 0.235 e. The van der Waals surface area contributed by atoms with Crippen LogP contribution in [0.25, 0.3) is 77.8 Å². The lowest BCUT2D eigenvalue weighted by atomic mass is 10.1. The highest BCUT2D eigenvalue weighted by Crippen LogP contribution is 2.38. The van der Waals surface area contributed by atoms with Crippen LogP contribution in [0, 0.1) is 0 Å². The van der Waals surface area contributed by atoms with Gasteiger partial charge in [0.05, 0.1) is 65.2 Å². The highest BCUT2D eigenvalue weighted by Gasteiger charge is 2.42. The molecule has 3 aromatic heterocycles. The predicted molar refractivity (Wildman–Crippen MR) is 265 cm³/mol. The van der Waals surface area contributed by atoms with Gasteiger partial charge in [0.2, 0.25) is 5.95 Å². The van der Waals surface area contributed by atoms with Gasteiger partial charge in [-0.05, 0) is 57.0 Å². The molecule has 0 N–H and O–H groups in total. The van der Waals surface area contributed by atoms with Crippen molar-refractivity contribution < 1.29 is 26.0 Å². The lowest BCUT2D eigenvalue weighted by Crippen LogP contribution is -2.74. The van der Waals surface area contributed by atoms with Crippen LogP contribution in [-0.4, -0.2) is 27.2 Å². The first-order valence-electron chi connectivity index (χ1n) is 29.5. The first-order valence-corrected chi connectivity index (χ1v) is 22.0. The number of nitrogens with zero attached hydrogens (tertiary/aromatic N) is 4. The molecule has 12 aromatic rings. The van der Waals surface area contributed by atoms with Crippen LogP contribution in [0.3, 0.4) is 0 Å². The fourth-order valence-electron chi connectivity index (χ4n) is 8.62. The molecule has 4 nitrogen and oxygen atoms in total. The molecule has 0 aliphatic heterocycles. The molecule has 12 rings (SSSR count). The summed E-state index contributed by atoms with van der Waals surface area (Å²) in [6, 6.07) is 24.9. The number of rotatable bonds is 8. The largest absolute Gasteiger partial charge is 0.309 e. The van der Waals surface area contributed by atoms with E-state index in [-0.39, 0.29) is 54.7 Å². The van der Waals surface area contributed by atoms with Crippen molar-refractivity contribution in [3.8, 4) is 34.2 Å². The zero-order valence-electron chi connectivity index (χ0n) is 51.9. The van der Waals surface area contributed by atoms with E-state index >= 15 is 0 Å². The maximum absolute atomic E-state index is 11.1. The normalized spacial score (nSPS) is 16.0. The third-order valence-corrected chi connectivity index (χ3v) is 15.9. The quantitative estimate of drug-likeness (QED) is 0.113. The molecule has 0 unspecified atom stereocenters. The highest BCUT2D eigenvalue weighted by molar-refractivity contribution is 7.19. The van der Waals surface area contributed by atoms with Crippen molar-refractivity contribution in [1.82, 2.24) is 19.1 Å². The van der Waals surface area contributed by atoms with Gasteiger partial charge < -0.3 is 4.57 Å². The Bertz CT molecular complexity index is 4480. The fourth-order valence-corrected chi connectivity index (χ4v) is 13.1. The SMILES string of the molecule is [2H]c1c([2H])c([Si](c2ccccc2)(c2ccccc2)c2ccccc2)c([2H])c(-c2cc(-c3ccccc3)nc(-n3c4c([2H])c([2H])c([2H])c([2H])c4c4c([2H])c([2H])c([2H])c([2H])c43)n2)c1-n1c2c([2H])c([2H])c([2H])c([2H])c2c2c([2H])c([2H])c([2H])c([2H])c21. The minimum Gasteiger partial charge on any atom is -0.309 e. The summed E-state index contributed by atoms with van der Waals surface area (Å²) in [5.41, 5.74) is -2.10. The van der Waals surface area contributed by atoms with E-state index < -0.39 is 146 Å². The van der Waals surface area contributed by atoms with Crippen molar-refractivity contribution >= 4 is 72.4 Å². The van der Waals surface area contributed by atoms with Gasteiger partial charge in [-0.2, -0.15) is 0 Å². The van der Waals surface area contributed by atoms with Crippen LogP contribution >= 0.6 is 0 Å². The summed E-state index contributed by atoms with van der Waals surface area (Å²) in [4.78, 5) is 10.1. The minimum absolute atomic E-state index is 0.0333.